The van der Waals surface area contributed by atoms with Gasteiger partial charge in [0.2, 0.25) is 5.91 Å². The van der Waals surface area contributed by atoms with E-state index in [-0.39, 0.29) is 18.4 Å². The van der Waals surface area contributed by atoms with Crippen molar-refractivity contribution in [2.24, 2.45) is 11.7 Å². The number of carboxylic acids is 1. The van der Waals surface area contributed by atoms with Gasteiger partial charge in [0.05, 0.1) is 12.3 Å². The summed E-state index contributed by atoms with van der Waals surface area (Å²) in [5.41, 5.74) is 5.46. The Hall–Kier alpha value is -1.36. The van der Waals surface area contributed by atoms with E-state index in [4.69, 9.17) is 10.8 Å². The minimum atomic E-state index is -0.978. The number of nitrogens with two attached hydrogens (primary N) is 1. The molecule has 0 radical (unpaired) electrons. The molecule has 0 aromatic heterocycles. The zero-order valence-electron chi connectivity index (χ0n) is 9.85. The van der Waals surface area contributed by atoms with Crippen molar-refractivity contribution in [2.75, 3.05) is 13.6 Å². The molecule has 0 fully saturated rings. The van der Waals surface area contributed by atoms with Gasteiger partial charge in [0, 0.05) is 19.6 Å². The van der Waals surface area contributed by atoms with Gasteiger partial charge in [-0.25, -0.2) is 0 Å². The van der Waals surface area contributed by atoms with Crippen LogP contribution in [0.25, 0.3) is 0 Å². The fourth-order valence-corrected chi connectivity index (χ4v) is 1.35. The molecule has 0 bridgehead atoms. The van der Waals surface area contributed by atoms with Crippen molar-refractivity contribution in [3.05, 3.63) is 12.7 Å². The molecule has 16 heavy (non-hydrogen) atoms. The van der Waals surface area contributed by atoms with Crippen molar-refractivity contribution in [1.29, 1.82) is 0 Å². The van der Waals surface area contributed by atoms with Crippen molar-refractivity contribution >= 4 is 11.9 Å². The van der Waals surface area contributed by atoms with Crippen molar-refractivity contribution in [1.82, 2.24) is 4.90 Å². The molecule has 1 amide bonds. The minimum Gasteiger partial charge on any atom is -0.481 e. The number of nitrogens with zero attached hydrogens (tertiary/aromatic N) is 1. The highest BCUT2D eigenvalue weighted by Gasteiger charge is 2.25. The SMILES string of the molecule is C=CCC(CC(=O)O)C(=O)N(C)C(C)CN. The summed E-state index contributed by atoms with van der Waals surface area (Å²) in [5.74, 6) is -1.72. The molecule has 0 aliphatic rings. The number of carbonyl (C=O) groups excluding carboxylic acids is 1. The summed E-state index contributed by atoms with van der Waals surface area (Å²) in [6.45, 7) is 5.71. The summed E-state index contributed by atoms with van der Waals surface area (Å²) >= 11 is 0. The van der Waals surface area contributed by atoms with Crippen molar-refractivity contribution in [3.63, 3.8) is 0 Å². The Bertz CT molecular complexity index is 266. The number of carbonyl (C=O) groups is 2. The van der Waals surface area contributed by atoms with E-state index < -0.39 is 11.9 Å². The topological polar surface area (TPSA) is 83.6 Å². The van der Waals surface area contributed by atoms with E-state index in [1.807, 2.05) is 6.92 Å². The van der Waals surface area contributed by atoms with E-state index in [0.717, 1.165) is 0 Å². The average Bonchev–Trinajstić information content (AvgIpc) is 2.24. The maximum absolute atomic E-state index is 11.9. The predicted molar refractivity (Wildman–Crippen MR) is 61.8 cm³/mol. The van der Waals surface area contributed by atoms with Gasteiger partial charge in [0.15, 0.2) is 0 Å². The van der Waals surface area contributed by atoms with Crippen LogP contribution in [0, 0.1) is 5.92 Å². The second kappa shape index (κ2) is 7.00. The third-order valence-electron chi connectivity index (χ3n) is 2.57. The summed E-state index contributed by atoms with van der Waals surface area (Å²) in [4.78, 5) is 24.0. The van der Waals surface area contributed by atoms with E-state index in [2.05, 4.69) is 6.58 Å². The van der Waals surface area contributed by atoms with Crippen molar-refractivity contribution < 1.29 is 14.7 Å². The maximum Gasteiger partial charge on any atom is 0.304 e. The molecule has 5 heteroatoms. The second-order valence-electron chi connectivity index (χ2n) is 3.85. The van der Waals surface area contributed by atoms with Crippen LogP contribution in [0.1, 0.15) is 19.8 Å². The first kappa shape index (κ1) is 14.6. The Morgan fingerprint density at radius 1 is 1.56 bits per heavy atom. The van der Waals surface area contributed by atoms with Gasteiger partial charge in [0.25, 0.3) is 0 Å². The number of rotatable bonds is 7. The monoisotopic (exact) mass is 228 g/mol. The summed E-state index contributed by atoms with van der Waals surface area (Å²) in [6, 6.07) is -0.0892. The zero-order chi connectivity index (χ0) is 12.7. The van der Waals surface area contributed by atoms with E-state index in [1.165, 1.54) is 4.90 Å². The summed E-state index contributed by atoms with van der Waals surface area (Å²) < 4.78 is 0. The number of hydrogen-bond acceptors (Lipinski definition) is 3. The number of allylic oxidation sites excluding steroid dienone is 1. The Labute approximate surface area is 95.9 Å². The van der Waals surface area contributed by atoms with Crippen LogP contribution in [0.15, 0.2) is 12.7 Å². The first-order chi connectivity index (χ1) is 7.43. The third kappa shape index (κ3) is 4.44. The van der Waals surface area contributed by atoms with Gasteiger partial charge in [-0.1, -0.05) is 6.08 Å². The lowest BCUT2D eigenvalue weighted by molar-refractivity contribution is -0.144. The Morgan fingerprint density at radius 2 is 2.12 bits per heavy atom. The zero-order valence-corrected chi connectivity index (χ0v) is 9.85. The van der Waals surface area contributed by atoms with Gasteiger partial charge in [-0.3, -0.25) is 9.59 Å². The van der Waals surface area contributed by atoms with Crippen LogP contribution >= 0.6 is 0 Å². The van der Waals surface area contributed by atoms with Gasteiger partial charge in [-0.2, -0.15) is 0 Å². The van der Waals surface area contributed by atoms with Crippen LogP contribution in [-0.2, 0) is 9.59 Å². The fourth-order valence-electron chi connectivity index (χ4n) is 1.35. The third-order valence-corrected chi connectivity index (χ3v) is 2.57. The lowest BCUT2D eigenvalue weighted by atomic mass is 9.99. The van der Waals surface area contributed by atoms with E-state index in [0.29, 0.717) is 13.0 Å². The molecule has 0 heterocycles. The standard InChI is InChI=1S/C11H20N2O3/c1-4-5-9(6-10(14)15)11(16)13(3)8(2)7-12/h4,8-9H,1,5-7,12H2,2-3H3,(H,14,15). The molecular formula is C11H20N2O3. The number of likely N-dealkylation sites (N-methyl/N-ethyl adjacent to an activating group) is 1. The Balaban J connectivity index is 4.58. The van der Waals surface area contributed by atoms with Crippen LogP contribution in [0.2, 0.25) is 0 Å². The van der Waals surface area contributed by atoms with E-state index in [9.17, 15) is 9.59 Å². The number of carboxylic acid groups (broad SMARTS) is 1. The molecule has 3 N–H and O–H groups in total. The molecule has 92 valence electrons. The average molecular weight is 228 g/mol. The lowest BCUT2D eigenvalue weighted by Crippen LogP contribution is -2.43. The highest BCUT2D eigenvalue weighted by molar-refractivity contribution is 5.83. The molecule has 0 saturated carbocycles. The van der Waals surface area contributed by atoms with Gasteiger partial charge in [-0.15, -0.1) is 6.58 Å². The summed E-state index contributed by atoms with van der Waals surface area (Å²) in [7, 11) is 1.64. The van der Waals surface area contributed by atoms with E-state index in [1.54, 1.807) is 13.1 Å². The lowest BCUT2D eigenvalue weighted by Gasteiger charge is -2.27. The highest BCUT2D eigenvalue weighted by atomic mass is 16.4. The molecule has 0 aliphatic carbocycles. The molecule has 5 nitrogen and oxygen atoms in total. The molecule has 0 rings (SSSR count). The minimum absolute atomic E-state index is 0.0892. The Morgan fingerprint density at radius 3 is 2.50 bits per heavy atom. The number of aliphatic carboxylic acids is 1. The quantitative estimate of drug-likeness (QED) is 0.620. The number of amides is 1. The predicted octanol–water partition coefficient (Wildman–Crippen LogP) is 0.459. The summed E-state index contributed by atoms with van der Waals surface area (Å²) in [6.07, 6.45) is 1.76. The van der Waals surface area contributed by atoms with Gasteiger partial charge < -0.3 is 15.7 Å². The molecule has 2 atom stereocenters. The van der Waals surface area contributed by atoms with Crippen LogP contribution in [-0.4, -0.2) is 41.5 Å². The van der Waals surface area contributed by atoms with Crippen molar-refractivity contribution in [2.45, 2.75) is 25.8 Å². The molecule has 2 unspecified atom stereocenters. The van der Waals surface area contributed by atoms with Crippen LogP contribution < -0.4 is 5.73 Å². The molecule has 0 spiro atoms. The summed E-state index contributed by atoms with van der Waals surface area (Å²) in [5, 5.41) is 8.71. The highest BCUT2D eigenvalue weighted by Crippen LogP contribution is 2.14. The molecule has 0 aliphatic heterocycles. The first-order valence-electron chi connectivity index (χ1n) is 5.23. The van der Waals surface area contributed by atoms with Gasteiger partial charge >= 0.3 is 5.97 Å². The Kier molecular flexibility index (Phi) is 6.41. The smallest absolute Gasteiger partial charge is 0.304 e. The van der Waals surface area contributed by atoms with Gasteiger partial charge in [-0.05, 0) is 13.3 Å². The first-order valence-corrected chi connectivity index (χ1v) is 5.23. The van der Waals surface area contributed by atoms with Crippen LogP contribution in [0.5, 0.6) is 0 Å². The molecule has 0 aromatic carbocycles. The van der Waals surface area contributed by atoms with Crippen molar-refractivity contribution in [3.8, 4) is 0 Å². The van der Waals surface area contributed by atoms with E-state index >= 15 is 0 Å². The molecular weight excluding hydrogens is 208 g/mol. The largest absolute Gasteiger partial charge is 0.481 e. The maximum atomic E-state index is 11.9. The molecule has 0 aromatic rings. The van der Waals surface area contributed by atoms with Crippen LogP contribution in [0.3, 0.4) is 0 Å². The molecule has 0 saturated heterocycles. The fraction of sp³-hybridized carbons (Fsp3) is 0.636. The normalized spacial score (nSPS) is 13.9. The van der Waals surface area contributed by atoms with Gasteiger partial charge in [0.1, 0.15) is 0 Å². The second-order valence-corrected chi connectivity index (χ2v) is 3.85. The number of hydrogen-bond donors (Lipinski definition) is 2. The van der Waals surface area contributed by atoms with Crippen LogP contribution in [0.4, 0.5) is 0 Å².